The topological polar surface area (TPSA) is 71.8 Å². The van der Waals surface area contributed by atoms with Crippen LogP contribution >= 0.6 is 0 Å². The van der Waals surface area contributed by atoms with Gasteiger partial charge in [0.25, 0.3) is 0 Å². The molecular formula is C20H26N2O4. The van der Waals surface area contributed by atoms with Crippen LogP contribution in [-0.4, -0.2) is 29.0 Å². The largest absolute Gasteiger partial charge is 0.467 e. The second-order valence-electron chi connectivity index (χ2n) is 7.04. The fourth-order valence-electron chi connectivity index (χ4n) is 2.49. The smallest absolute Gasteiger partial charge is 0.408 e. The lowest BCUT2D eigenvalue weighted by molar-refractivity contribution is -0.133. The first-order chi connectivity index (χ1) is 12.3. The van der Waals surface area contributed by atoms with E-state index in [4.69, 9.17) is 9.15 Å². The Bertz CT molecular complexity index is 705. The molecule has 1 aromatic heterocycles. The van der Waals surface area contributed by atoms with Gasteiger partial charge in [0.1, 0.15) is 17.9 Å². The molecule has 0 fully saturated rings. The van der Waals surface area contributed by atoms with Crippen molar-refractivity contribution in [2.45, 2.75) is 45.9 Å². The van der Waals surface area contributed by atoms with Crippen LogP contribution in [0.4, 0.5) is 4.79 Å². The highest BCUT2D eigenvalue weighted by Gasteiger charge is 2.24. The van der Waals surface area contributed by atoms with Crippen molar-refractivity contribution in [2.24, 2.45) is 0 Å². The van der Waals surface area contributed by atoms with E-state index in [0.717, 1.165) is 5.56 Å². The van der Waals surface area contributed by atoms with Gasteiger partial charge in [-0.3, -0.25) is 4.79 Å². The highest BCUT2D eigenvalue weighted by molar-refractivity contribution is 5.82. The molecule has 1 atom stereocenters. The molecule has 0 aliphatic heterocycles. The minimum Gasteiger partial charge on any atom is -0.467 e. The highest BCUT2D eigenvalue weighted by Crippen LogP contribution is 2.22. The molecule has 6 heteroatoms. The minimum absolute atomic E-state index is 0.146. The van der Waals surface area contributed by atoms with Crippen LogP contribution in [-0.2, 0) is 16.1 Å². The van der Waals surface area contributed by atoms with Crippen LogP contribution in [0, 0.1) is 0 Å². The Morgan fingerprint density at radius 2 is 1.85 bits per heavy atom. The number of hydrogen-bond acceptors (Lipinski definition) is 4. The molecule has 1 aromatic carbocycles. The summed E-state index contributed by atoms with van der Waals surface area (Å²) in [6.07, 6.45) is 0.959. The number of ether oxygens (including phenoxy) is 1. The monoisotopic (exact) mass is 358 g/mol. The summed E-state index contributed by atoms with van der Waals surface area (Å²) in [6, 6.07) is 13.2. The molecule has 0 bridgehead atoms. The van der Waals surface area contributed by atoms with Crippen molar-refractivity contribution in [3.63, 3.8) is 0 Å². The maximum absolute atomic E-state index is 12.8. The fraction of sp³-hybridized carbons (Fsp3) is 0.400. The van der Waals surface area contributed by atoms with Gasteiger partial charge in [-0.05, 0) is 45.4 Å². The molecule has 26 heavy (non-hydrogen) atoms. The summed E-state index contributed by atoms with van der Waals surface area (Å²) in [5.41, 5.74) is 0.392. The minimum atomic E-state index is -0.615. The van der Waals surface area contributed by atoms with Gasteiger partial charge in [0.05, 0.1) is 18.8 Å². The van der Waals surface area contributed by atoms with Gasteiger partial charge in [-0.15, -0.1) is 0 Å². The summed E-state index contributed by atoms with van der Waals surface area (Å²) in [6.45, 7) is 7.44. The first kappa shape index (κ1) is 19.6. The molecule has 0 aliphatic carbocycles. The summed E-state index contributed by atoms with van der Waals surface area (Å²) < 4.78 is 10.6. The number of furan rings is 1. The van der Waals surface area contributed by atoms with Gasteiger partial charge >= 0.3 is 6.09 Å². The molecule has 1 N–H and O–H groups in total. The molecule has 0 aliphatic rings. The second kappa shape index (κ2) is 8.56. The molecule has 0 spiro atoms. The molecule has 0 radical (unpaired) electrons. The summed E-state index contributed by atoms with van der Waals surface area (Å²) in [5.74, 6) is 0.460. The number of hydrogen-bond donors (Lipinski definition) is 1. The third kappa shape index (κ3) is 5.95. The fourth-order valence-corrected chi connectivity index (χ4v) is 2.49. The summed E-state index contributed by atoms with van der Waals surface area (Å²) in [7, 11) is 0. The lowest BCUT2D eigenvalue weighted by atomic mass is 10.1. The zero-order chi connectivity index (χ0) is 19.2. The van der Waals surface area contributed by atoms with Crippen LogP contribution in [0.25, 0.3) is 0 Å². The van der Waals surface area contributed by atoms with Crippen molar-refractivity contribution in [2.75, 3.05) is 6.54 Å². The first-order valence-corrected chi connectivity index (χ1v) is 8.60. The number of benzene rings is 1. The van der Waals surface area contributed by atoms with Crippen LogP contribution in [0.5, 0.6) is 0 Å². The van der Waals surface area contributed by atoms with E-state index in [1.807, 2.05) is 43.3 Å². The molecule has 1 heterocycles. The van der Waals surface area contributed by atoms with Gasteiger partial charge in [0.15, 0.2) is 0 Å². The van der Waals surface area contributed by atoms with E-state index in [1.54, 1.807) is 38.0 Å². The van der Waals surface area contributed by atoms with Gasteiger partial charge in [-0.1, -0.05) is 30.3 Å². The number of rotatable bonds is 6. The molecule has 2 amide bonds. The van der Waals surface area contributed by atoms with Crippen LogP contribution < -0.4 is 5.32 Å². The van der Waals surface area contributed by atoms with Gasteiger partial charge in [0.2, 0.25) is 5.91 Å². The Kier molecular flexibility index (Phi) is 6.44. The van der Waals surface area contributed by atoms with Crippen LogP contribution in [0.1, 0.15) is 45.1 Å². The molecule has 6 nitrogen and oxygen atoms in total. The van der Waals surface area contributed by atoms with Crippen molar-refractivity contribution in [3.8, 4) is 0 Å². The van der Waals surface area contributed by atoms with Crippen molar-refractivity contribution in [1.29, 1.82) is 0 Å². The van der Waals surface area contributed by atoms with Gasteiger partial charge in [-0.2, -0.15) is 0 Å². The summed E-state index contributed by atoms with van der Waals surface area (Å²) in [4.78, 5) is 26.3. The lowest BCUT2D eigenvalue weighted by Gasteiger charge is -2.29. The molecule has 2 rings (SSSR count). The van der Waals surface area contributed by atoms with Crippen LogP contribution in [0.2, 0.25) is 0 Å². The van der Waals surface area contributed by atoms with E-state index in [1.165, 1.54) is 0 Å². The standard InChI is InChI=1S/C20H26N2O4/c1-15(16-9-6-5-7-10-16)22(14-17-11-8-12-25-17)18(23)13-21-19(24)26-20(2,3)4/h5-12,15H,13-14H2,1-4H3,(H,21,24)/t15-/m0/s1. The van der Waals surface area contributed by atoms with E-state index in [9.17, 15) is 9.59 Å². The second-order valence-corrected chi connectivity index (χ2v) is 7.04. The lowest BCUT2D eigenvalue weighted by Crippen LogP contribution is -2.42. The van der Waals surface area contributed by atoms with E-state index in [-0.39, 0.29) is 18.5 Å². The zero-order valence-electron chi connectivity index (χ0n) is 15.7. The third-order valence-electron chi connectivity index (χ3n) is 3.76. The van der Waals surface area contributed by atoms with Crippen molar-refractivity contribution < 1.29 is 18.7 Å². The Labute approximate surface area is 154 Å². The Hall–Kier alpha value is -2.76. The molecule has 2 aromatic rings. The van der Waals surface area contributed by atoms with E-state index in [0.29, 0.717) is 12.3 Å². The molecule has 0 unspecified atom stereocenters. The van der Waals surface area contributed by atoms with Gasteiger partial charge in [-0.25, -0.2) is 4.79 Å². The van der Waals surface area contributed by atoms with Crippen molar-refractivity contribution in [1.82, 2.24) is 10.2 Å². The molecule has 0 saturated carbocycles. The summed E-state index contributed by atoms with van der Waals surface area (Å²) >= 11 is 0. The first-order valence-electron chi connectivity index (χ1n) is 8.60. The van der Waals surface area contributed by atoms with E-state index in [2.05, 4.69) is 5.32 Å². The number of amides is 2. The van der Waals surface area contributed by atoms with Crippen molar-refractivity contribution >= 4 is 12.0 Å². The Morgan fingerprint density at radius 1 is 1.15 bits per heavy atom. The van der Waals surface area contributed by atoms with Crippen LogP contribution in [0.15, 0.2) is 53.1 Å². The SMILES string of the molecule is C[C@@H](c1ccccc1)N(Cc1ccco1)C(=O)CNC(=O)OC(C)(C)C. The predicted octanol–water partition coefficient (Wildman–Crippen LogP) is 3.89. The predicted molar refractivity (Wildman–Crippen MR) is 98.4 cm³/mol. The maximum Gasteiger partial charge on any atom is 0.408 e. The number of carbonyl (C=O) groups excluding carboxylic acids is 2. The summed E-state index contributed by atoms with van der Waals surface area (Å²) in [5, 5.41) is 2.52. The normalized spacial score (nSPS) is 12.3. The van der Waals surface area contributed by atoms with Gasteiger partial charge in [0, 0.05) is 0 Å². The third-order valence-corrected chi connectivity index (χ3v) is 3.76. The Balaban J connectivity index is 2.07. The number of nitrogens with zero attached hydrogens (tertiary/aromatic N) is 1. The Morgan fingerprint density at radius 3 is 2.42 bits per heavy atom. The molecular weight excluding hydrogens is 332 g/mol. The van der Waals surface area contributed by atoms with Crippen LogP contribution in [0.3, 0.4) is 0 Å². The molecule has 140 valence electrons. The number of nitrogens with one attached hydrogen (secondary N) is 1. The van der Waals surface area contributed by atoms with Crippen molar-refractivity contribution in [3.05, 3.63) is 60.1 Å². The number of carbonyl (C=O) groups is 2. The average molecular weight is 358 g/mol. The quantitative estimate of drug-likeness (QED) is 0.850. The maximum atomic E-state index is 12.8. The number of alkyl carbamates (subject to hydrolysis) is 1. The highest BCUT2D eigenvalue weighted by atomic mass is 16.6. The van der Waals surface area contributed by atoms with E-state index < -0.39 is 11.7 Å². The zero-order valence-corrected chi connectivity index (χ0v) is 15.7. The van der Waals surface area contributed by atoms with E-state index >= 15 is 0 Å². The average Bonchev–Trinajstić information content (AvgIpc) is 3.09. The van der Waals surface area contributed by atoms with Gasteiger partial charge < -0.3 is 19.4 Å². The molecule has 0 saturated heterocycles.